The first-order valence-electron chi connectivity index (χ1n) is 3.24. The predicted molar refractivity (Wildman–Crippen MR) is 40.9 cm³/mol. The van der Waals surface area contributed by atoms with Crippen molar-refractivity contribution in [3.63, 3.8) is 0 Å². The predicted octanol–water partition coefficient (Wildman–Crippen LogP) is 0.114. The highest BCUT2D eigenvalue weighted by molar-refractivity contribution is 5.65. The summed E-state index contributed by atoms with van der Waals surface area (Å²) in [5, 5.41) is 0. The van der Waals surface area contributed by atoms with E-state index in [4.69, 9.17) is 0 Å². The summed E-state index contributed by atoms with van der Waals surface area (Å²) in [6, 6.07) is 8.01. The van der Waals surface area contributed by atoms with Gasteiger partial charge in [0.1, 0.15) is 0 Å². The van der Waals surface area contributed by atoms with Crippen molar-refractivity contribution in [1.82, 2.24) is 0 Å². The van der Waals surface area contributed by atoms with Gasteiger partial charge in [0.25, 0.3) is 11.0 Å². The molecule has 0 bridgehead atoms. The van der Waals surface area contributed by atoms with Gasteiger partial charge in [0, 0.05) is 24.3 Å². The van der Waals surface area contributed by atoms with Crippen LogP contribution in [0.3, 0.4) is 0 Å². The molecular weight excluding hydrogens is 156 g/mol. The lowest BCUT2D eigenvalue weighted by Crippen LogP contribution is -2.09. The second-order valence-corrected chi connectivity index (χ2v) is 2.17. The molecule has 4 N–H and O–H groups in total. The van der Waals surface area contributed by atoms with Gasteiger partial charge in [-0.3, -0.25) is 0 Å². The molecule has 0 amide bonds. The van der Waals surface area contributed by atoms with Crippen molar-refractivity contribution in [2.75, 3.05) is 0 Å². The molecule has 0 aromatic carbocycles. The van der Waals surface area contributed by atoms with Crippen molar-refractivity contribution >= 4 is 11.0 Å². The molecule has 0 saturated heterocycles. The maximum absolute atomic E-state index is 3.12. The third kappa shape index (κ3) is 1.75. The van der Waals surface area contributed by atoms with Crippen LogP contribution in [0.2, 0.25) is 0 Å². The van der Waals surface area contributed by atoms with Crippen LogP contribution >= 0.6 is 0 Å². The van der Waals surface area contributed by atoms with E-state index in [-0.39, 0.29) is 11.0 Å². The fourth-order valence-corrected chi connectivity index (χ4v) is 0.996. The van der Waals surface area contributed by atoms with E-state index in [0.717, 1.165) is 11.0 Å². The minimum Gasteiger partial charge on any atom is -0.870 e. The van der Waals surface area contributed by atoms with E-state index < -0.39 is 0 Å². The summed E-state index contributed by atoms with van der Waals surface area (Å²) in [6.45, 7) is 0. The zero-order chi connectivity index (χ0) is 6.81. The summed E-state index contributed by atoms with van der Waals surface area (Å²) in [5.41, 5.74) is 2.26. The second-order valence-electron chi connectivity index (χ2n) is 2.17. The molecular formula is C8H10N2O2. The number of rotatable bonds is 0. The molecule has 2 aromatic heterocycles. The van der Waals surface area contributed by atoms with Gasteiger partial charge in [0.2, 0.25) is 0 Å². The largest absolute Gasteiger partial charge is 0.870 e. The Bertz CT molecular complexity index is 286. The lowest BCUT2D eigenvalue weighted by molar-refractivity contribution is -0.372. The van der Waals surface area contributed by atoms with E-state index >= 15 is 0 Å². The Hall–Kier alpha value is -1.52. The Morgan fingerprint density at radius 1 is 0.750 bits per heavy atom. The Labute approximate surface area is 69.5 Å². The van der Waals surface area contributed by atoms with Gasteiger partial charge in [-0.15, -0.1) is 0 Å². The normalized spacial score (nSPS) is 8.33. The molecule has 0 saturated carbocycles. The molecule has 12 heavy (non-hydrogen) atoms. The third-order valence-electron chi connectivity index (χ3n) is 1.49. The van der Waals surface area contributed by atoms with Crippen molar-refractivity contribution in [3.05, 3.63) is 36.7 Å². The maximum Gasteiger partial charge on any atom is 0.275 e. The van der Waals surface area contributed by atoms with Gasteiger partial charge in [0.05, 0.1) is 0 Å². The summed E-state index contributed by atoms with van der Waals surface area (Å²) in [4.78, 5) is 6.24. The third-order valence-corrected chi connectivity index (χ3v) is 1.49. The summed E-state index contributed by atoms with van der Waals surface area (Å²) in [7, 11) is 0. The molecule has 2 rings (SSSR count). The number of aromatic amines is 2. The van der Waals surface area contributed by atoms with Gasteiger partial charge in [-0.05, 0) is 0 Å². The lowest BCUT2D eigenvalue weighted by atomic mass is 10.3. The first-order chi connectivity index (χ1) is 4.97. The molecule has 0 radical (unpaired) electrons. The van der Waals surface area contributed by atoms with Gasteiger partial charge in [-0.1, -0.05) is 0 Å². The van der Waals surface area contributed by atoms with Crippen LogP contribution in [0.1, 0.15) is 0 Å². The summed E-state index contributed by atoms with van der Waals surface area (Å²) >= 11 is 0. The van der Waals surface area contributed by atoms with Gasteiger partial charge in [0.15, 0.2) is 12.4 Å². The maximum atomic E-state index is 3.12. The standard InChI is InChI=1S/C8H6N2.2H2O/c1-3-7-8(9-5-1)4-2-6-10-7;;/h1-6H;2*1H2. The van der Waals surface area contributed by atoms with E-state index in [1.807, 2.05) is 36.7 Å². The van der Waals surface area contributed by atoms with E-state index in [9.17, 15) is 0 Å². The van der Waals surface area contributed by atoms with Crippen molar-refractivity contribution in [2.24, 2.45) is 0 Å². The van der Waals surface area contributed by atoms with E-state index in [0.29, 0.717) is 0 Å². The molecule has 4 heteroatoms. The summed E-state index contributed by atoms with van der Waals surface area (Å²) in [5.74, 6) is 0. The Morgan fingerprint density at radius 2 is 1.17 bits per heavy atom. The molecule has 2 heterocycles. The van der Waals surface area contributed by atoms with Crippen LogP contribution in [0.25, 0.3) is 11.0 Å². The number of pyridine rings is 2. The first kappa shape index (κ1) is 10.5. The summed E-state index contributed by atoms with van der Waals surface area (Å²) in [6.07, 6.45) is 3.83. The van der Waals surface area contributed by atoms with Gasteiger partial charge < -0.3 is 11.0 Å². The average Bonchev–Trinajstić information content (AvgIpc) is 2.05. The fourth-order valence-electron chi connectivity index (χ4n) is 0.996. The summed E-state index contributed by atoms with van der Waals surface area (Å²) < 4.78 is 0. The van der Waals surface area contributed by atoms with E-state index in [2.05, 4.69) is 9.97 Å². The minimum absolute atomic E-state index is 0. The Kier molecular flexibility index (Phi) is 3.82. The van der Waals surface area contributed by atoms with Crippen LogP contribution in [-0.4, -0.2) is 11.0 Å². The number of hydrogen-bond donors (Lipinski definition) is 0. The van der Waals surface area contributed by atoms with Crippen molar-refractivity contribution in [1.29, 1.82) is 0 Å². The average molecular weight is 166 g/mol. The molecule has 0 spiro atoms. The van der Waals surface area contributed by atoms with Gasteiger partial charge in [-0.25, -0.2) is 9.97 Å². The Morgan fingerprint density at radius 3 is 1.58 bits per heavy atom. The SMILES string of the molecule is [OH-].[OH-].c1c[nH+]c2ccc[nH+]c2c1. The number of hydrogen-bond acceptors (Lipinski definition) is 2. The highest BCUT2D eigenvalue weighted by Gasteiger charge is 2.00. The molecule has 0 unspecified atom stereocenters. The highest BCUT2D eigenvalue weighted by atomic mass is 16.0. The lowest BCUT2D eigenvalue weighted by Gasteiger charge is -1.79. The Balaban J connectivity index is 0.000000605. The van der Waals surface area contributed by atoms with Crippen LogP contribution in [0, 0.1) is 0 Å². The minimum atomic E-state index is 0. The quantitative estimate of drug-likeness (QED) is 0.556. The number of aromatic nitrogens is 2. The fraction of sp³-hybridized carbons (Fsp3) is 0. The molecule has 4 nitrogen and oxygen atoms in total. The van der Waals surface area contributed by atoms with E-state index in [1.54, 1.807) is 0 Å². The van der Waals surface area contributed by atoms with Gasteiger partial charge in [-0.2, -0.15) is 0 Å². The molecule has 0 aliphatic carbocycles. The molecule has 64 valence electrons. The van der Waals surface area contributed by atoms with E-state index in [1.165, 1.54) is 0 Å². The molecule has 0 fully saturated rings. The van der Waals surface area contributed by atoms with Crippen LogP contribution in [0.5, 0.6) is 0 Å². The zero-order valence-corrected chi connectivity index (χ0v) is 6.36. The second kappa shape index (κ2) is 4.38. The van der Waals surface area contributed by atoms with Crippen molar-refractivity contribution < 1.29 is 20.9 Å². The number of fused-ring (bicyclic) bond motifs is 1. The van der Waals surface area contributed by atoms with Crippen LogP contribution in [0.15, 0.2) is 36.7 Å². The topological polar surface area (TPSA) is 88.3 Å². The van der Waals surface area contributed by atoms with Crippen LogP contribution in [-0.2, 0) is 0 Å². The van der Waals surface area contributed by atoms with Crippen LogP contribution < -0.4 is 9.97 Å². The number of H-pyrrole nitrogens is 2. The van der Waals surface area contributed by atoms with Crippen molar-refractivity contribution in [3.8, 4) is 0 Å². The van der Waals surface area contributed by atoms with Gasteiger partial charge >= 0.3 is 0 Å². The van der Waals surface area contributed by atoms with Crippen LogP contribution in [0.4, 0.5) is 0 Å². The molecule has 0 aliphatic rings. The molecule has 0 atom stereocenters. The first-order valence-corrected chi connectivity index (χ1v) is 3.24. The molecule has 2 aromatic rings. The molecule has 0 aliphatic heterocycles. The zero-order valence-electron chi connectivity index (χ0n) is 6.36. The van der Waals surface area contributed by atoms with Crippen molar-refractivity contribution in [2.45, 2.75) is 0 Å². The number of nitrogens with one attached hydrogen (secondary N) is 2. The smallest absolute Gasteiger partial charge is 0.275 e. The monoisotopic (exact) mass is 166 g/mol. The highest BCUT2D eigenvalue weighted by Crippen LogP contribution is 1.96.